The summed E-state index contributed by atoms with van der Waals surface area (Å²) in [6.45, 7) is 5.48. The molecule has 176 valence electrons. The molecule has 2 saturated heterocycles. The number of halogens is 3. The van der Waals surface area contributed by atoms with Gasteiger partial charge < -0.3 is 15.0 Å². The number of benzene rings is 1. The van der Waals surface area contributed by atoms with Gasteiger partial charge in [0.2, 0.25) is 0 Å². The van der Waals surface area contributed by atoms with Crippen LogP contribution < -0.4 is 5.32 Å². The number of hydrogen-bond acceptors (Lipinski definition) is 5. The smallest absolute Gasteiger partial charge is 0.168 e. The predicted molar refractivity (Wildman–Crippen MR) is 118 cm³/mol. The summed E-state index contributed by atoms with van der Waals surface area (Å²) in [6, 6.07) is 5.05. The van der Waals surface area contributed by atoms with Crippen molar-refractivity contribution >= 4 is 5.82 Å². The largest absolute Gasteiger partial charge is 0.381 e. The molecule has 3 heterocycles. The molecular weight excluding hydrogens is 429 g/mol. The third-order valence-corrected chi connectivity index (χ3v) is 8.44. The monoisotopic (exact) mass is 458 g/mol. The Morgan fingerprint density at radius 3 is 2.48 bits per heavy atom. The van der Waals surface area contributed by atoms with Crippen LogP contribution in [0, 0.1) is 40.6 Å². The van der Waals surface area contributed by atoms with E-state index in [0.29, 0.717) is 35.2 Å². The third-order valence-electron chi connectivity index (χ3n) is 8.44. The number of rotatable bonds is 5. The molecule has 2 saturated carbocycles. The fraction of sp³-hybridized carbons (Fsp3) is 0.600. The van der Waals surface area contributed by atoms with E-state index >= 15 is 0 Å². The van der Waals surface area contributed by atoms with Crippen LogP contribution in [-0.4, -0.2) is 54.0 Å². The van der Waals surface area contributed by atoms with E-state index in [-0.39, 0.29) is 11.3 Å². The highest BCUT2D eigenvalue weighted by molar-refractivity contribution is 5.60. The van der Waals surface area contributed by atoms with Crippen LogP contribution in [0.1, 0.15) is 32.1 Å². The number of ether oxygens (including phenoxy) is 1. The minimum atomic E-state index is -1.23. The number of nitrogens with zero attached hydrogens (tertiary/aromatic N) is 3. The molecule has 4 fully saturated rings. The van der Waals surface area contributed by atoms with E-state index in [1.165, 1.54) is 38.9 Å². The van der Waals surface area contributed by atoms with Crippen LogP contribution in [0.3, 0.4) is 0 Å². The molecule has 4 atom stereocenters. The van der Waals surface area contributed by atoms with Crippen molar-refractivity contribution in [3.63, 3.8) is 0 Å². The van der Waals surface area contributed by atoms with Crippen LogP contribution in [0.25, 0.3) is 11.3 Å². The van der Waals surface area contributed by atoms with Gasteiger partial charge in [-0.2, -0.15) is 0 Å². The van der Waals surface area contributed by atoms with Crippen LogP contribution >= 0.6 is 0 Å². The van der Waals surface area contributed by atoms with Crippen molar-refractivity contribution in [1.82, 2.24) is 15.1 Å². The molecule has 2 aliphatic heterocycles. The molecule has 4 aliphatic rings. The van der Waals surface area contributed by atoms with Crippen molar-refractivity contribution in [3.05, 3.63) is 41.7 Å². The van der Waals surface area contributed by atoms with Gasteiger partial charge in [0.05, 0.1) is 5.69 Å². The first-order chi connectivity index (χ1) is 16.0. The number of nitrogens with one attached hydrogen (secondary N) is 1. The summed E-state index contributed by atoms with van der Waals surface area (Å²) in [5, 5.41) is 11.6. The lowest BCUT2D eigenvalue weighted by atomic mass is 9.94. The van der Waals surface area contributed by atoms with E-state index in [0.717, 1.165) is 38.0 Å². The van der Waals surface area contributed by atoms with Gasteiger partial charge in [0.15, 0.2) is 11.6 Å². The Morgan fingerprint density at radius 2 is 1.79 bits per heavy atom. The van der Waals surface area contributed by atoms with Crippen LogP contribution in [0.2, 0.25) is 0 Å². The van der Waals surface area contributed by atoms with E-state index < -0.39 is 17.5 Å². The first-order valence-corrected chi connectivity index (χ1v) is 12.0. The average molecular weight is 459 g/mol. The normalized spacial score (nSPS) is 30.5. The molecule has 1 N–H and O–H groups in total. The fourth-order valence-electron chi connectivity index (χ4n) is 6.56. The lowest BCUT2D eigenvalue weighted by Gasteiger charge is -2.25. The van der Waals surface area contributed by atoms with E-state index in [2.05, 4.69) is 20.4 Å². The molecule has 1 aromatic heterocycles. The second-order valence-corrected chi connectivity index (χ2v) is 10.5. The number of aromatic nitrogens is 2. The Kier molecular flexibility index (Phi) is 5.33. The van der Waals surface area contributed by atoms with E-state index in [9.17, 15) is 13.2 Å². The Bertz CT molecular complexity index is 1010. The molecule has 8 heteroatoms. The summed E-state index contributed by atoms with van der Waals surface area (Å²) in [5.74, 6) is -0.300. The summed E-state index contributed by atoms with van der Waals surface area (Å²) in [7, 11) is 0. The summed E-state index contributed by atoms with van der Waals surface area (Å²) in [5.41, 5.74) is 0.475. The van der Waals surface area contributed by atoms with E-state index in [4.69, 9.17) is 4.74 Å². The summed E-state index contributed by atoms with van der Waals surface area (Å²) in [4.78, 5) is 2.68. The second-order valence-electron chi connectivity index (χ2n) is 10.5. The molecule has 0 radical (unpaired) electrons. The SMILES string of the molecule is Fc1cc(F)c(F)c(-c2ccc(NC3C[C@@H]4CN(C[C@@H]5CC56CCOCC6)C[C@@H]4C3)nn2)c1. The molecule has 6 rings (SSSR count). The van der Waals surface area contributed by atoms with Gasteiger partial charge in [-0.3, -0.25) is 0 Å². The van der Waals surface area contributed by atoms with Gasteiger partial charge in [0.25, 0.3) is 0 Å². The Hall–Kier alpha value is -2.19. The first kappa shape index (κ1) is 21.4. The van der Waals surface area contributed by atoms with Crippen molar-refractivity contribution in [3.8, 4) is 11.3 Å². The van der Waals surface area contributed by atoms with Crippen LogP contribution in [0.5, 0.6) is 0 Å². The van der Waals surface area contributed by atoms with Gasteiger partial charge >= 0.3 is 0 Å². The van der Waals surface area contributed by atoms with Crippen LogP contribution in [0.4, 0.5) is 19.0 Å². The van der Waals surface area contributed by atoms with Gasteiger partial charge in [-0.05, 0) is 73.5 Å². The quantitative estimate of drug-likeness (QED) is 0.669. The summed E-state index contributed by atoms with van der Waals surface area (Å²) >= 11 is 0. The molecule has 5 nitrogen and oxygen atoms in total. The van der Waals surface area contributed by atoms with Gasteiger partial charge in [-0.15, -0.1) is 10.2 Å². The second kappa shape index (κ2) is 8.24. The molecule has 1 spiro atoms. The topological polar surface area (TPSA) is 50.3 Å². The van der Waals surface area contributed by atoms with Gasteiger partial charge in [0, 0.05) is 50.5 Å². The minimum absolute atomic E-state index is 0.109. The van der Waals surface area contributed by atoms with Crippen LogP contribution in [-0.2, 0) is 4.74 Å². The molecular formula is C25H29F3N4O. The molecule has 1 aromatic carbocycles. The zero-order valence-electron chi connectivity index (χ0n) is 18.6. The van der Waals surface area contributed by atoms with E-state index in [1.54, 1.807) is 12.1 Å². The van der Waals surface area contributed by atoms with Crippen molar-refractivity contribution < 1.29 is 17.9 Å². The fourth-order valence-corrected chi connectivity index (χ4v) is 6.56. The molecule has 1 unspecified atom stereocenters. The van der Waals surface area contributed by atoms with E-state index in [1.807, 2.05) is 0 Å². The number of likely N-dealkylation sites (tertiary alicyclic amines) is 1. The highest BCUT2D eigenvalue weighted by Gasteiger charge is 2.55. The number of fused-ring (bicyclic) bond motifs is 1. The van der Waals surface area contributed by atoms with Gasteiger partial charge in [-0.1, -0.05) is 0 Å². The summed E-state index contributed by atoms with van der Waals surface area (Å²) < 4.78 is 46.5. The highest BCUT2D eigenvalue weighted by Crippen LogP contribution is 2.59. The molecule has 2 aromatic rings. The third kappa shape index (κ3) is 4.12. The maximum Gasteiger partial charge on any atom is 0.168 e. The van der Waals surface area contributed by atoms with Crippen molar-refractivity contribution in [1.29, 1.82) is 0 Å². The molecule has 0 bridgehead atoms. The molecule has 0 amide bonds. The van der Waals surface area contributed by atoms with Gasteiger partial charge in [0.1, 0.15) is 11.6 Å². The summed E-state index contributed by atoms with van der Waals surface area (Å²) in [6.07, 6.45) is 6.08. The predicted octanol–water partition coefficient (Wildman–Crippen LogP) is 4.50. The maximum atomic E-state index is 14.0. The lowest BCUT2D eigenvalue weighted by molar-refractivity contribution is 0.0497. The number of anilines is 1. The Balaban J connectivity index is 1.02. The minimum Gasteiger partial charge on any atom is -0.381 e. The zero-order valence-corrected chi connectivity index (χ0v) is 18.6. The Morgan fingerprint density at radius 1 is 1.03 bits per heavy atom. The lowest BCUT2D eigenvalue weighted by Crippen LogP contribution is -2.29. The average Bonchev–Trinajstić information content (AvgIpc) is 3.10. The van der Waals surface area contributed by atoms with Crippen molar-refractivity contribution in [2.75, 3.05) is 38.2 Å². The maximum absolute atomic E-state index is 14.0. The standard InChI is InChI=1S/C25H29F3N4O/c26-18-9-20(24(28)21(27)10-18)22-1-2-23(31-30-22)29-19-7-15-12-32(13-16(15)8-19)14-17-11-25(17)3-5-33-6-4-25/h1-2,9-10,15-17,19H,3-8,11-14H2,(H,29,31)/t15-,16+,17-,19?/m0/s1. The van der Waals surface area contributed by atoms with Crippen molar-refractivity contribution in [2.45, 2.75) is 38.1 Å². The van der Waals surface area contributed by atoms with Crippen LogP contribution in [0.15, 0.2) is 24.3 Å². The zero-order chi connectivity index (χ0) is 22.6. The number of hydrogen-bond donors (Lipinski definition) is 1. The molecule has 33 heavy (non-hydrogen) atoms. The molecule has 2 aliphatic carbocycles. The van der Waals surface area contributed by atoms with Gasteiger partial charge in [-0.25, -0.2) is 13.2 Å². The van der Waals surface area contributed by atoms with Crippen molar-refractivity contribution in [2.24, 2.45) is 23.2 Å². The highest BCUT2D eigenvalue weighted by atomic mass is 19.2. The Labute approximate surface area is 191 Å². The first-order valence-electron chi connectivity index (χ1n) is 12.0.